The molecule has 0 saturated heterocycles. The molecule has 2 aromatic carbocycles. The minimum absolute atomic E-state index is 0.253. The monoisotopic (exact) mass is 474 g/mol. The number of fused-ring (bicyclic) bond motifs is 2. The summed E-state index contributed by atoms with van der Waals surface area (Å²) < 4.78 is 79.9. The normalized spacial score (nSPS) is 12.6. The number of alkyl halides is 6. The van der Waals surface area contributed by atoms with Crippen LogP contribution in [-0.2, 0) is 19.4 Å². The highest BCUT2D eigenvalue weighted by molar-refractivity contribution is 5.98. The molecular formula is C17H8F6N6O4. The van der Waals surface area contributed by atoms with E-state index in [1.165, 1.54) is 0 Å². The number of hydrogen-bond acceptors (Lipinski definition) is 6. The molecule has 33 heavy (non-hydrogen) atoms. The Morgan fingerprint density at radius 1 is 0.879 bits per heavy atom. The van der Waals surface area contributed by atoms with Crippen molar-refractivity contribution in [2.24, 2.45) is 7.05 Å². The largest absolute Gasteiger partial charge is 0.455 e. The quantitative estimate of drug-likeness (QED) is 0.244. The number of para-hydroxylation sites is 1. The number of rotatable bonds is 3. The zero-order valence-electron chi connectivity index (χ0n) is 16.0. The number of halogens is 6. The second-order valence-electron chi connectivity index (χ2n) is 6.76. The summed E-state index contributed by atoms with van der Waals surface area (Å²) in [4.78, 5) is 28.7. The van der Waals surface area contributed by atoms with Crippen molar-refractivity contribution in [2.45, 2.75) is 12.4 Å². The van der Waals surface area contributed by atoms with Crippen LogP contribution in [0.25, 0.3) is 33.2 Å². The maximum absolute atomic E-state index is 13.3. The number of aromatic nitrogens is 4. The van der Waals surface area contributed by atoms with Gasteiger partial charge in [0, 0.05) is 18.7 Å². The smallest absolute Gasteiger partial charge is 0.323 e. The molecule has 0 saturated carbocycles. The van der Waals surface area contributed by atoms with E-state index >= 15 is 0 Å². The third kappa shape index (κ3) is 3.39. The number of nitrogens with zero attached hydrogens (tertiary/aromatic N) is 6. The third-order valence-electron chi connectivity index (χ3n) is 4.82. The van der Waals surface area contributed by atoms with E-state index in [1.807, 2.05) is 0 Å². The molecule has 0 radical (unpaired) electrons. The Hall–Kier alpha value is -4.24. The van der Waals surface area contributed by atoms with Gasteiger partial charge in [0.05, 0.1) is 21.5 Å². The van der Waals surface area contributed by atoms with Crippen LogP contribution in [0.1, 0.15) is 11.6 Å². The Labute approximate surface area is 176 Å². The molecule has 172 valence electrons. The van der Waals surface area contributed by atoms with Crippen molar-refractivity contribution in [3.63, 3.8) is 0 Å². The van der Waals surface area contributed by atoms with Crippen LogP contribution >= 0.6 is 0 Å². The summed E-state index contributed by atoms with van der Waals surface area (Å²) in [7, 11) is 0.997. The summed E-state index contributed by atoms with van der Waals surface area (Å²) in [5.74, 6) is -3.23. The van der Waals surface area contributed by atoms with Gasteiger partial charge in [-0.05, 0) is 16.8 Å². The summed E-state index contributed by atoms with van der Waals surface area (Å²) in [6, 6.07) is 4.86. The predicted molar refractivity (Wildman–Crippen MR) is 98.5 cm³/mol. The highest BCUT2D eigenvalue weighted by atomic mass is 19.4. The molecular weight excluding hydrogens is 466 g/mol. The SMILES string of the molecule is Cn1c(C(F)(F)F)nc2cc(-c3cccc4c3nc(C(F)(F)F)n4[N+](=O)[O-])c([N+](=O)[O-])cc21. The van der Waals surface area contributed by atoms with Crippen LogP contribution in [0.4, 0.5) is 32.0 Å². The van der Waals surface area contributed by atoms with Crippen LogP contribution in [-0.4, -0.2) is 29.2 Å². The lowest BCUT2D eigenvalue weighted by Gasteiger charge is -2.06. The topological polar surface area (TPSA) is 122 Å². The van der Waals surface area contributed by atoms with Crippen molar-refractivity contribution >= 4 is 27.8 Å². The fourth-order valence-electron chi connectivity index (χ4n) is 3.50. The summed E-state index contributed by atoms with van der Waals surface area (Å²) >= 11 is 0. The van der Waals surface area contributed by atoms with Gasteiger partial charge < -0.3 is 4.57 Å². The maximum Gasteiger partial charge on any atom is 0.455 e. The first-order valence-electron chi connectivity index (χ1n) is 8.67. The van der Waals surface area contributed by atoms with Gasteiger partial charge in [-0.2, -0.15) is 26.3 Å². The van der Waals surface area contributed by atoms with E-state index in [2.05, 4.69) is 9.97 Å². The Morgan fingerprint density at radius 2 is 1.52 bits per heavy atom. The molecule has 0 aliphatic carbocycles. The third-order valence-corrected chi connectivity index (χ3v) is 4.82. The van der Waals surface area contributed by atoms with Crippen molar-refractivity contribution in [2.75, 3.05) is 0 Å². The lowest BCUT2D eigenvalue weighted by Crippen LogP contribution is -2.19. The van der Waals surface area contributed by atoms with Crippen molar-refractivity contribution in [3.05, 3.63) is 62.2 Å². The van der Waals surface area contributed by atoms with Gasteiger partial charge in [0.2, 0.25) is 5.82 Å². The molecule has 0 amide bonds. The minimum atomic E-state index is -5.23. The number of benzene rings is 2. The molecule has 0 aliphatic heterocycles. The van der Waals surface area contributed by atoms with Gasteiger partial charge in [0.15, 0.2) is 5.03 Å². The number of imidazole rings is 2. The van der Waals surface area contributed by atoms with E-state index in [0.717, 1.165) is 37.4 Å². The number of nitro groups is 2. The minimum Gasteiger partial charge on any atom is -0.323 e. The van der Waals surface area contributed by atoms with Crippen LogP contribution < -0.4 is 0 Å². The first-order chi connectivity index (χ1) is 15.2. The van der Waals surface area contributed by atoms with Crippen LogP contribution in [0.5, 0.6) is 0 Å². The lowest BCUT2D eigenvalue weighted by atomic mass is 10.0. The Bertz CT molecular complexity index is 1470. The molecule has 2 heterocycles. The van der Waals surface area contributed by atoms with Crippen LogP contribution in [0.15, 0.2) is 30.3 Å². The molecule has 0 spiro atoms. The van der Waals surface area contributed by atoms with Crippen LogP contribution in [0.3, 0.4) is 0 Å². The zero-order valence-corrected chi connectivity index (χ0v) is 16.0. The molecule has 10 nitrogen and oxygen atoms in total. The van der Waals surface area contributed by atoms with Crippen molar-refractivity contribution in [1.29, 1.82) is 0 Å². The molecule has 0 unspecified atom stereocenters. The van der Waals surface area contributed by atoms with Gasteiger partial charge in [0.1, 0.15) is 11.0 Å². The molecule has 0 bridgehead atoms. The van der Waals surface area contributed by atoms with Gasteiger partial charge in [-0.3, -0.25) is 10.1 Å². The van der Waals surface area contributed by atoms with E-state index in [0.29, 0.717) is 4.57 Å². The Kier molecular flexibility index (Phi) is 4.58. The summed E-state index contributed by atoms with van der Waals surface area (Å²) in [5, 5.41) is 21.6. The van der Waals surface area contributed by atoms with Crippen LogP contribution in [0, 0.1) is 20.2 Å². The highest BCUT2D eigenvalue weighted by Crippen LogP contribution is 2.40. The van der Waals surface area contributed by atoms with Crippen molar-refractivity contribution in [1.82, 2.24) is 19.2 Å². The van der Waals surface area contributed by atoms with Crippen molar-refractivity contribution < 1.29 is 36.3 Å². The molecule has 0 fully saturated rings. The highest BCUT2D eigenvalue weighted by Gasteiger charge is 2.43. The maximum atomic E-state index is 13.3. The first kappa shape index (κ1) is 22.0. The summed E-state index contributed by atoms with van der Waals surface area (Å²) in [6.07, 6.45) is -10.1. The molecule has 2 aromatic heterocycles. The fourth-order valence-corrected chi connectivity index (χ4v) is 3.50. The summed E-state index contributed by atoms with van der Waals surface area (Å²) in [5.41, 5.74) is -3.29. The molecule has 0 atom stereocenters. The molecule has 4 rings (SSSR count). The van der Waals surface area contributed by atoms with Crippen LogP contribution in [0.2, 0.25) is 0 Å². The van der Waals surface area contributed by atoms with E-state index in [-0.39, 0.29) is 21.3 Å². The average Bonchev–Trinajstić information content (AvgIpc) is 3.25. The van der Waals surface area contributed by atoms with Gasteiger partial charge >= 0.3 is 12.4 Å². The lowest BCUT2D eigenvalue weighted by molar-refractivity contribution is -0.542. The van der Waals surface area contributed by atoms with Gasteiger partial charge in [-0.15, -0.1) is 0 Å². The number of hydrogen-bond donors (Lipinski definition) is 0. The Balaban J connectivity index is 2.10. The first-order valence-corrected chi connectivity index (χ1v) is 8.67. The van der Waals surface area contributed by atoms with E-state index in [1.54, 1.807) is 0 Å². The van der Waals surface area contributed by atoms with Gasteiger partial charge in [0.25, 0.3) is 11.5 Å². The van der Waals surface area contributed by atoms with Gasteiger partial charge in [-0.25, -0.2) is 20.1 Å². The Morgan fingerprint density at radius 3 is 2.06 bits per heavy atom. The van der Waals surface area contributed by atoms with Gasteiger partial charge in [-0.1, -0.05) is 12.1 Å². The number of nitro benzene ring substituents is 1. The molecule has 16 heteroatoms. The number of aryl methyl sites for hydroxylation is 1. The molecule has 4 aromatic rings. The van der Waals surface area contributed by atoms with E-state index < -0.39 is 56.2 Å². The second-order valence-corrected chi connectivity index (χ2v) is 6.76. The van der Waals surface area contributed by atoms with Crippen molar-refractivity contribution in [3.8, 4) is 11.1 Å². The molecule has 0 N–H and O–H groups in total. The standard InChI is InChI=1S/C17H8F6N6O4/c1-26-12-6-11(28(30)31)8(5-9(12)24-14(26)16(18,19)20)7-3-2-4-10-13(7)25-15(17(21,22)23)27(10)29(32)33/h2-6H,1H3. The molecule has 0 aliphatic rings. The van der Waals surface area contributed by atoms with E-state index in [9.17, 15) is 46.6 Å². The average molecular weight is 474 g/mol. The second kappa shape index (κ2) is 6.88. The fraction of sp³-hybridized carbons (Fsp3) is 0.176. The zero-order chi connectivity index (χ0) is 24.5. The predicted octanol–water partition coefficient (Wildman–Crippen LogP) is 4.58. The van der Waals surface area contributed by atoms with E-state index in [4.69, 9.17) is 0 Å². The summed E-state index contributed by atoms with van der Waals surface area (Å²) in [6.45, 7) is 0.